The van der Waals surface area contributed by atoms with E-state index in [1.54, 1.807) is 24.3 Å². The SMILES string of the molecule is C#Cc1cccc(NC(=O)N2CC(S(=O)(=O)c3ccccc3F)C2)c1. The molecule has 1 aliphatic rings. The highest BCUT2D eigenvalue weighted by atomic mass is 32.2. The molecule has 3 rings (SSSR count). The molecular formula is C18H15FN2O3S. The number of carbonyl (C=O) groups excluding carboxylic acids is 1. The van der Waals surface area contributed by atoms with Crippen LogP contribution in [0.3, 0.4) is 0 Å². The molecule has 5 nitrogen and oxygen atoms in total. The van der Waals surface area contributed by atoms with Crippen molar-refractivity contribution in [1.82, 2.24) is 4.90 Å². The number of sulfone groups is 1. The molecule has 7 heteroatoms. The molecule has 25 heavy (non-hydrogen) atoms. The van der Waals surface area contributed by atoms with Crippen LogP contribution in [0.15, 0.2) is 53.4 Å². The van der Waals surface area contributed by atoms with Crippen molar-refractivity contribution in [1.29, 1.82) is 0 Å². The van der Waals surface area contributed by atoms with Crippen LogP contribution in [0.2, 0.25) is 0 Å². The Bertz CT molecular complexity index is 960. The number of terminal acetylenes is 1. The van der Waals surface area contributed by atoms with Crippen LogP contribution in [-0.2, 0) is 9.84 Å². The first-order valence-electron chi connectivity index (χ1n) is 7.53. The summed E-state index contributed by atoms with van der Waals surface area (Å²) in [5, 5.41) is 1.85. The lowest BCUT2D eigenvalue weighted by Crippen LogP contribution is -2.58. The quantitative estimate of drug-likeness (QED) is 0.858. The van der Waals surface area contributed by atoms with Gasteiger partial charge in [-0.05, 0) is 30.3 Å². The number of nitrogens with one attached hydrogen (secondary N) is 1. The van der Waals surface area contributed by atoms with E-state index in [1.807, 2.05) is 0 Å². The number of carbonyl (C=O) groups is 1. The molecule has 1 saturated heterocycles. The topological polar surface area (TPSA) is 66.5 Å². The lowest BCUT2D eigenvalue weighted by molar-refractivity contribution is 0.182. The smallest absolute Gasteiger partial charge is 0.321 e. The fourth-order valence-corrected chi connectivity index (χ4v) is 4.26. The first-order chi connectivity index (χ1) is 11.9. The summed E-state index contributed by atoms with van der Waals surface area (Å²) in [6.45, 7) is 0.0225. The highest BCUT2D eigenvalue weighted by Crippen LogP contribution is 2.26. The van der Waals surface area contributed by atoms with E-state index in [9.17, 15) is 17.6 Å². The predicted molar refractivity (Wildman–Crippen MR) is 92.3 cm³/mol. The Balaban J connectivity index is 1.65. The van der Waals surface area contributed by atoms with Gasteiger partial charge >= 0.3 is 6.03 Å². The third-order valence-electron chi connectivity index (χ3n) is 4.00. The molecule has 1 heterocycles. The fraction of sp³-hybridized carbons (Fsp3) is 0.167. The normalized spacial score (nSPS) is 14.5. The monoisotopic (exact) mass is 358 g/mol. The molecule has 0 atom stereocenters. The maximum Gasteiger partial charge on any atom is 0.321 e. The average Bonchev–Trinajstić information content (AvgIpc) is 2.53. The van der Waals surface area contributed by atoms with E-state index in [0.29, 0.717) is 11.3 Å². The van der Waals surface area contributed by atoms with Gasteiger partial charge in [0.2, 0.25) is 0 Å². The number of halogens is 1. The lowest BCUT2D eigenvalue weighted by atomic mass is 10.2. The van der Waals surface area contributed by atoms with Crippen LogP contribution >= 0.6 is 0 Å². The number of anilines is 1. The standard InChI is InChI=1S/C18H15FN2O3S/c1-2-13-6-5-7-14(10-13)20-18(22)21-11-15(12-21)25(23,24)17-9-4-3-8-16(17)19/h1,3-10,15H,11-12H2,(H,20,22). The molecule has 2 amide bonds. The van der Waals surface area contributed by atoms with E-state index in [-0.39, 0.29) is 18.0 Å². The van der Waals surface area contributed by atoms with Crippen LogP contribution in [0.25, 0.3) is 0 Å². The summed E-state index contributed by atoms with van der Waals surface area (Å²) in [7, 11) is -3.81. The first-order valence-corrected chi connectivity index (χ1v) is 9.07. The van der Waals surface area contributed by atoms with Crippen molar-refractivity contribution in [3.05, 3.63) is 59.9 Å². The Morgan fingerprint density at radius 3 is 2.60 bits per heavy atom. The molecule has 128 valence electrons. The summed E-state index contributed by atoms with van der Waals surface area (Å²) >= 11 is 0. The third-order valence-corrected chi connectivity index (χ3v) is 6.12. The van der Waals surface area contributed by atoms with Crippen molar-refractivity contribution in [2.45, 2.75) is 10.1 Å². The van der Waals surface area contributed by atoms with E-state index >= 15 is 0 Å². The van der Waals surface area contributed by atoms with Crippen molar-refractivity contribution in [3.63, 3.8) is 0 Å². The van der Waals surface area contributed by atoms with Crippen LogP contribution in [0.1, 0.15) is 5.56 Å². The molecule has 0 saturated carbocycles. The Labute approximate surface area is 145 Å². The number of urea groups is 1. The number of hydrogen-bond acceptors (Lipinski definition) is 3. The number of likely N-dealkylation sites (tertiary alicyclic amines) is 1. The molecule has 0 aliphatic carbocycles. The minimum atomic E-state index is -3.81. The molecule has 1 fully saturated rings. The van der Waals surface area contributed by atoms with Gasteiger partial charge in [0.05, 0.1) is 0 Å². The summed E-state index contributed by atoms with van der Waals surface area (Å²) in [6, 6.07) is 11.6. The highest BCUT2D eigenvalue weighted by Gasteiger charge is 2.41. The number of hydrogen-bond donors (Lipinski definition) is 1. The molecule has 0 aromatic heterocycles. The summed E-state index contributed by atoms with van der Waals surface area (Å²) in [5.41, 5.74) is 1.15. The van der Waals surface area contributed by atoms with Gasteiger partial charge in [-0.25, -0.2) is 17.6 Å². The fourth-order valence-electron chi connectivity index (χ4n) is 2.54. The minimum Gasteiger partial charge on any atom is -0.322 e. The lowest BCUT2D eigenvalue weighted by Gasteiger charge is -2.38. The van der Waals surface area contributed by atoms with Gasteiger partial charge < -0.3 is 10.2 Å². The van der Waals surface area contributed by atoms with Gasteiger partial charge in [0.1, 0.15) is 16.0 Å². The van der Waals surface area contributed by atoms with Crippen LogP contribution in [0.4, 0.5) is 14.9 Å². The molecule has 0 spiro atoms. The molecule has 1 aliphatic heterocycles. The largest absolute Gasteiger partial charge is 0.322 e. The number of amides is 2. The van der Waals surface area contributed by atoms with E-state index in [0.717, 1.165) is 6.07 Å². The molecule has 2 aromatic carbocycles. The van der Waals surface area contributed by atoms with E-state index in [2.05, 4.69) is 11.2 Å². The molecule has 1 N–H and O–H groups in total. The zero-order valence-electron chi connectivity index (χ0n) is 13.1. The predicted octanol–water partition coefficient (Wildman–Crippen LogP) is 2.50. The van der Waals surface area contributed by atoms with Crippen molar-refractivity contribution >= 4 is 21.6 Å². The Morgan fingerprint density at radius 2 is 1.92 bits per heavy atom. The van der Waals surface area contributed by atoms with Crippen LogP contribution < -0.4 is 5.32 Å². The zero-order valence-corrected chi connectivity index (χ0v) is 14.0. The number of nitrogens with zero attached hydrogens (tertiary/aromatic N) is 1. The second-order valence-electron chi connectivity index (χ2n) is 5.66. The minimum absolute atomic E-state index is 0.0112. The summed E-state index contributed by atoms with van der Waals surface area (Å²) in [5.74, 6) is 1.69. The molecule has 0 bridgehead atoms. The van der Waals surface area contributed by atoms with Gasteiger partial charge in [0.25, 0.3) is 0 Å². The van der Waals surface area contributed by atoms with Crippen molar-refractivity contribution < 1.29 is 17.6 Å². The van der Waals surface area contributed by atoms with Crippen LogP contribution in [0, 0.1) is 18.2 Å². The Hall–Kier alpha value is -2.85. The molecule has 2 aromatic rings. The summed E-state index contributed by atoms with van der Waals surface area (Å²) in [4.78, 5) is 13.2. The van der Waals surface area contributed by atoms with Crippen molar-refractivity contribution in [2.24, 2.45) is 0 Å². The Kier molecular flexibility index (Phi) is 4.47. The van der Waals surface area contributed by atoms with Gasteiger partial charge in [-0.1, -0.05) is 24.1 Å². The first kappa shape index (κ1) is 17.0. The molecule has 0 unspecified atom stereocenters. The van der Waals surface area contributed by atoms with Crippen molar-refractivity contribution in [2.75, 3.05) is 18.4 Å². The van der Waals surface area contributed by atoms with Crippen LogP contribution in [0.5, 0.6) is 0 Å². The maximum atomic E-state index is 13.7. The van der Waals surface area contributed by atoms with E-state index < -0.39 is 26.9 Å². The maximum absolute atomic E-state index is 13.7. The third kappa shape index (κ3) is 3.35. The summed E-state index contributed by atoms with van der Waals surface area (Å²) < 4.78 is 38.6. The average molecular weight is 358 g/mol. The number of benzene rings is 2. The summed E-state index contributed by atoms with van der Waals surface area (Å²) in [6.07, 6.45) is 5.31. The van der Waals surface area contributed by atoms with Gasteiger partial charge in [-0.2, -0.15) is 0 Å². The van der Waals surface area contributed by atoms with Crippen molar-refractivity contribution in [3.8, 4) is 12.3 Å². The van der Waals surface area contributed by atoms with Gasteiger partial charge in [-0.3, -0.25) is 0 Å². The van der Waals surface area contributed by atoms with Crippen LogP contribution in [-0.4, -0.2) is 37.7 Å². The number of rotatable bonds is 3. The van der Waals surface area contributed by atoms with Gasteiger partial charge in [-0.15, -0.1) is 6.42 Å². The Morgan fingerprint density at radius 1 is 1.20 bits per heavy atom. The zero-order chi connectivity index (χ0) is 18.0. The van der Waals surface area contributed by atoms with Gasteiger partial charge in [0, 0.05) is 24.3 Å². The highest BCUT2D eigenvalue weighted by molar-refractivity contribution is 7.92. The second kappa shape index (κ2) is 6.57. The van der Waals surface area contributed by atoms with Gasteiger partial charge in [0.15, 0.2) is 9.84 Å². The molecule has 0 radical (unpaired) electrons. The second-order valence-corrected chi connectivity index (χ2v) is 7.85. The van der Waals surface area contributed by atoms with E-state index in [1.165, 1.54) is 23.1 Å². The molecular weight excluding hydrogens is 343 g/mol. The van der Waals surface area contributed by atoms with E-state index in [4.69, 9.17) is 6.42 Å².